The van der Waals surface area contributed by atoms with Gasteiger partial charge < -0.3 is 4.90 Å². The summed E-state index contributed by atoms with van der Waals surface area (Å²) < 4.78 is 23.3. The summed E-state index contributed by atoms with van der Waals surface area (Å²) in [5, 5.41) is 0.832. The van der Waals surface area contributed by atoms with Gasteiger partial charge in [-0.2, -0.15) is 0 Å². The molecular weight excluding hydrogens is 260 g/mol. The summed E-state index contributed by atoms with van der Waals surface area (Å²) in [5.41, 5.74) is 2.03. The molecule has 1 atom stereocenters. The van der Waals surface area contributed by atoms with Gasteiger partial charge in [0.1, 0.15) is 0 Å². The second kappa shape index (κ2) is 4.49. The fourth-order valence-electron chi connectivity index (χ4n) is 2.65. The predicted octanol–water partition coefficient (Wildman–Crippen LogP) is 1.86. The van der Waals surface area contributed by atoms with E-state index in [1.54, 1.807) is 6.20 Å². The van der Waals surface area contributed by atoms with E-state index in [0.29, 0.717) is 13.0 Å². The van der Waals surface area contributed by atoms with Crippen molar-refractivity contribution < 1.29 is 8.42 Å². The normalized spacial score (nSPS) is 20.1. The zero-order chi connectivity index (χ0) is 13.5. The van der Waals surface area contributed by atoms with Crippen LogP contribution in [0.1, 0.15) is 6.42 Å². The summed E-state index contributed by atoms with van der Waals surface area (Å²) in [7, 11) is -2.95. The van der Waals surface area contributed by atoms with Crippen LogP contribution in [0, 0.1) is 0 Å². The van der Waals surface area contributed by atoms with Crippen LogP contribution in [0.5, 0.6) is 0 Å². The minimum Gasteiger partial charge on any atom is -0.370 e. The first kappa shape index (κ1) is 12.4. The van der Waals surface area contributed by atoms with Gasteiger partial charge in [0.15, 0.2) is 9.84 Å². The van der Waals surface area contributed by atoms with Gasteiger partial charge in [-0.15, -0.1) is 0 Å². The Hall–Kier alpha value is -1.62. The molecule has 0 spiro atoms. The van der Waals surface area contributed by atoms with E-state index in [1.165, 1.54) is 6.26 Å². The number of aromatic nitrogens is 1. The highest BCUT2D eigenvalue weighted by Crippen LogP contribution is 2.29. The number of hydrogen-bond acceptors (Lipinski definition) is 4. The maximum atomic E-state index is 11.6. The van der Waals surface area contributed by atoms with Crippen LogP contribution < -0.4 is 4.90 Å². The number of benzene rings is 1. The zero-order valence-corrected chi connectivity index (χ0v) is 11.6. The lowest BCUT2D eigenvalue weighted by Crippen LogP contribution is -2.26. The largest absolute Gasteiger partial charge is 0.370 e. The van der Waals surface area contributed by atoms with Crippen LogP contribution in [-0.4, -0.2) is 38.0 Å². The maximum Gasteiger partial charge on any atom is 0.152 e. The Bertz CT molecular complexity index is 707. The van der Waals surface area contributed by atoms with Gasteiger partial charge in [0.05, 0.1) is 10.8 Å². The molecule has 2 heterocycles. The molecule has 0 amide bonds. The summed E-state index contributed by atoms with van der Waals surface area (Å²) in [6.07, 6.45) is 3.81. The quantitative estimate of drug-likeness (QED) is 0.840. The molecule has 1 aromatic carbocycles. The van der Waals surface area contributed by atoms with Crippen LogP contribution in [0.25, 0.3) is 10.9 Å². The summed E-state index contributed by atoms with van der Waals surface area (Å²) in [5.74, 6) is 0. The third kappa shape index (κ3) is 2.30. The summed E-state index contributed by atoms with van der Waals surface area (Å²) in [6, 6.07) is 9.92. The smallest absolute Gasteiger partial charge is 0.152 e. The van der Waals surface area contributed by atoms with Gasteiger partial charge in [-0.05, 0) is 18.6 Å². The average molecular weight is 276 g/mol. The number of sulfone groups is 1. The van der Waals surface area contributed by atoms with Crippen LogP contribution in [0.4, 0.5) is 5.69 Å². The summed E-state index contributed by atoms with van der Waals surface area (Å²) in [6.45, 7) is 1.36. The minimum absolute atomic E-state index is 0.251. The fourth-order valence-corrected chi connectivity index (χ4v) is 3.64. The van der Waals surface area contributed by atoms with E-state index in [9.17, 15) is 8.42 Å². The Kier molecular flexibility index (Phi) is 2.93. The van der Waals surface area contributed by atoms with E-state index in [2.05, 4.69) is 9.88 Å². The molecule has 0 bridgehead atoms. The maximum absolute atomic E-state index is 11.6. The average Bonchev–Trinajstić information content (AvgIpc) is 2.87. The molecule has 1 fully saturated rings. The Morgan fingerprint density at radius 1 is 1.26 bits per heavy atom. The Balaban J connectivity index is 1.98. The molecule has 4 nitrogen and oxygen atoms in total. The van der Waals surface area contributed by atoms with Gasteiger partial charge in [0.2, 0.25) is 0 Å². The fraction of sp³-hybridized carbons (Fsp3) is 0.357. The molecule has 1 unspecified atom stereocenters. The first-order chi connectivity index (χ1) is 9.05. The second-order valence-corrected chi connectivity index (χ2v) is 7.36. The zero-order valence-electron chi connectivity index (χ0n) is 10.8. The highest BCUT2D eigenvalue weighted by Gasteiger charge is 2.30. The lowest BCUT2D eigenvalue weighted by molar-refractivity contribution is 0.589. The van der Waals surface area contributed by atoms with Crippen LogP contribution in [0.3, 0.4) is 0 Å². The van der Waals surface area contributed by atoms with Crippen LogP contribution in [0.15, 0.2) is 36.5 Å². The lowest BCUT2D eigenvalue weighted by Gasteiger charge is -2.20. The molecule has 0 saturated carbocycles. The van der Waals surface area contributed by atoms with Crippen molar-refractivity contribution in [3.05, 3.63) is 36.5 Å². The Morgan fingerprint density at radius 3 is 2.79 bits per heavy atom. The van der Waals surface area contributed by atoms with Crippen molar-refractivity contribution in [2.75, 3.05) is 24.2 Å². The minimum atomic E-state index is -2.95. The Labute approximate surface area is 113 Å². The highest BCUT2D eigenvalue weighted by atomic mass is 32.2. The van der Waals surface area contributed by atoms with Gasteiger partial charge in [-0.25, -0.2) is 8.42 Å². The number of nitrogens with zero attached hydrogens (tertiary/aromatic N) is 2. The predicted molar refractivity (Wildman–Crippen MR) is 77.2 cm³/mol. The third-order valence-corrected chi connectivity index (χ3v) is 5.31. The van der Waals surface area contributed by atoms with Crippen molar-refractivity contribution in [2.45, 2.75) is 11.7 Å². The molecule has 0 aliphatic carbocycles. The number of pyridine rings is 1. The van der Waals surface area contributed by atoms with Crippen LogP contribution in [-0.2, 0) is 9.84 Å². The standard InChI is InChI=1S/C14H16N2O2S/c1-19(17,18)11-7-9-16(10-11)14-6-8-15-13-5-3-2-4-12(13)14/h2-6,8,11H,7,9-10H2,1H3. The topological polar surface area (TPSA) is 50.3 Å². The van der Waals surface area contributed by atoms with Gasteiger partial charge in [-0.3, -0.25) is 4.98 Å². The van der Waals surface area contributed by atoms with Crippen LogP contribution >= 0.6 is 0 Å². The molecule has 5 heteroatoms. The van der Waals surface area contributed by atoms with E-state index >= 15 is 0 Å². The second-order valence-electron chi connectivity index (χ2n) is 5.03. The highest BCUT2D eigenvalue weighted by molar-refractivity contribution is 7.91. The molecule has 1 aliphatic heterocycles. The number of para-hydroxylation sites is 1. The molecule has 1 saturated heterocycles. The van der Waals surface area contributed by atoms with Gasteiger partial charge in [0.25, 0.3) is 0 Å². The van der Waals surface area contributed by atoms with Crippen LogP contribution in [0.2, 0.25) is 0 Å². The third-order valence-electron chi connectivity index (χ3n) is 3.72. The van der Waals surface area contributed by atoms with Gasteiger partial charge in [0, 0.05) is 36.6 Å². The molecule has 3 rings (SSSR count). The molecule has 1 aromatic heterocycles. The molecule has 19 heavy (non-hydrogen) atoms. The first-order valence-electron chi connectivity index (χ1n) is 6.33. The van der Waals surface area contributed by atoms with E-state index in [-0.39, 0.29) is 5.25 Å². The lowest BCUT2D eigenvalue weighted by atomic mass is 10.2. The molecule has 100 valence electrons. The number of rotatable bonds is 2. The molecule has 0 radical (unpaired) electrons. The van der Waals surface area contributed by atoms with Crippen molar-refractivity contribution in [1.82, 2.24) is 4.98 Å². The summed E-state index contributed by atoms with van der Waals surface area (Å²) in [4.78, 5) is 6.48. The van der Waals surface area contributed by atoms with Gasteiger partial charge >= 0.3 is 0 Å². The Morgan fingerprint density at radius 2 is 2.05 bits per heavy atom. The molecular formula is C14H16N2O2S. The number of fused-ring (bicyclic) bond motifs is 1. The van der Waals surface area contributed by atoms with Gasteiger partial charge in [-0.1, -0.05) is 18.2 Å². The van der Waals surface area contributed by atoms with Crippen molar-refractivity contribution in [2.24, 2.45) is 0 Å². The number of hydrogen-bond donors (Lipinski definition) is 0. The molecule has 2 aromatic rings. The van der Waals surface area contributed by atoms with E-state index < -0.39 is 9.84 Å². The van der Waals surface area contributed by atoms with E-state index in [0.717, 1.165) is 23.1 Å². The number of anilines is 1. The molecule has 0 N–H and O–H groups in total. The van der Waals surface area contributed by atoms with Crippen molar-refractivity contribution in [1.29, 1.82) is 0 Å². The van der Waals surface area contributed by atoms with E-state index in [1.807, 2.05) is 30.3 Å². The monoisotopic (exact) mass is 276 g/mol. The van der Waals surface area contributed by atoms with E-state index in [4.69, 9.17) is 0 Å². The van der Waals surface area contributed by atoms with Crippen molar-refractivity contribution in [3.8, 4) is 0 Å². The van der Waals surface area contributed by atoms with Crippen molar-refractivity contribution >= 4 is 26.4 Å². The first-order valence-corrected chi connectivity index (χ1v) is 8.29. The summed E-state index contributed by atoms with van der Waals surface area (Å²) >= 11 is 0. The SMILES string of the molecule is CS(=O)(=O)C1CCN(c2ccnc3ccccc23)C1. The van der Waals surface area contributed by atoms with Crippen molar-refractivity contribution in [3.63, 3.8) is 0 Å². The molecule has 1 aliphatic rings.